The largest absolute Gasteiger partial charge is 0.392 e. The number of alkyl halides is 1. The number of halogens is 1. The molecule has 0 aliphatic heterocycles. The minimum Gasteiger partial charge on any atom is -0.392 e. The maximum absolute atomic E-state index is 12.0. The predicted molar refractivity (Wildman–Crippen MR) is 37.3 cm³/mol. The van der Waals surface area contributed by atoms with Gasteiger partial charge in [-0.05, 0) is 25.2 Å². The molecule has 3 heteroatoms. The van der Waals surface area contributed by atoms with Crippen LogP contribution in [0.25, 0.3) is 0 Å². The van der Waals surface area contributed by atoms with Crippen LogP contribution in [0.4, 0.5) is 4.39 Å². The van der Waals surface area contributed by atoms with Crippen molar-refractivity contribution in [2.75, 3.05) is 6.67 Å². The molecule has 2 nitrogen and oxygen atoms in total. The second-order valence-corrected chi connectivity index (χ2v) is 3.06. The van der Waals surface area contributed by atoms with Crippen LogP contribution in [0.1, 0.15) is 19.3 Å². The summed E-state index contributed by atoms with van der Waals surface area (Å²) in [7, 11) is 0. The predicted octanol–water partition coefficient (Wildman–Crippen LogP) is 0.444. The highest BCUT2D eigenvalue weighted by Crippen LogP contribution is 2.23. The molecule has 0 aromatic heterocycles. The van der Waals surface area contributed by atoms with Gasteiger partial charge in [0, 0.05) is 6.04 Å². The van der Waals surface area contributed by atoms with Crippen LogP contribution < -0.4 is 5.73 Å². The summed E-state index contributed by atoms with van der Waals surface area (Å²) in [6.45, 7) is -0.316. The van der Waals surface area contributed by atoms with E-state index < -0.39 is 6.10 Å². The molecular formula is C7H14FNO. The highest BCUT2D eigenvalue weighted by atomic mass is 19.1. The Morgan fingerprint density at radius 2 is 2.20 bits per heavy atom. The van der Waals surface area contributed by atoms with Crippen molar-refractivity contribution in [3.05, 3.63) is 0 Å². The van der Waals surface area contributed by atoms with Gasteiger partial charge in [0.1, 0.15) is 0 Å². The molecule has 3 atom stereocenters. The topological polar surface area (TPSA) is 46.2 Å². The van der Waals surface area contributed by atoms with Crippen LogP contribution in [0.15, 0.2) is 0 Å². The molecule has 0 radical (unpaired) electrons. The summed E-state index contributed by atoms with van der Waals surface area (Å²) in [6, 6.07) is -0.122. The lowest BCUT2D eigenvalue weighted by Gasteiger charge is -2.28. The zero-order valence-corrected chi connectivity index (χ0v) is 5.96. The van der Waals surface area contributed by atoms with Gasteiger partial charge in [-0.2, -0.15) is 0 Å². The van der Waals surface area contributed by atoms with Crippen LogP contribution in [0.3, 0.4) is 0 Å². The van der Waals surface area contributed by atoms with Crippen molar-refractivity contribution >= 4 is 0 Å². The maximum Gasteiger partial charge on any atom is 0.0923 e. The van der Waals surface area contributed by atoms with Gasteiger partial charge in [-0.25, -0.2) is 0 Å². The van der Waals surface area contributed by atoms with E-state index in [2.05, 4.69) is 0 Å². The molecular weight excluding hydrogens is 133 g/mol. The number of aliphatic hydroxyl groups is 1. The minimum absolute atomic E-state index is 0.0507. The summed E-state index contributed by atoms with van der Waals surface area (Å²) >= 11 is 0. The van der Waals surface area contributed by atoms with Crippen LogP contribution in [0.2, 0.25) is 0 Å². The summed E-state index contributed by atoms with van der Waals surface area (Å²) in [5, 5.41) is 9.19. The Morgan fingerprint density at radius 1 is 1.50 bits per heavy atom. The highest BCUT2D eigenvalue weighted by molar-refractivity contribution is 4.81. The maximum atomic E-state index is 12.0. The molecule has 1 rings (SSSR count). The van der Waals surface area contributed by atoms with Crippen LogP contribution in [0, 0.1) is 5.92 Å². The highest BCUT2D eigenvalue weighted by Gasteiger charge is 2.25. The SMILES string of the molecule is NC1CCC(CF)CC1O. The lowest BCUT2D eigenvalue weighted by atomic mass is 9.85. The van der Waals surface area contributed by atoms with Crippen molar-refractivity contribution in [1.29, 1.82) is 0 Å². The summed E-state index contributed by atoms with van der Waals surface area (Å²) in [4.78, 5) is 0. The second kappa shape index (κ2) is 3.30. The number of rotatable bonds is 1. The first kappa shape index (κ1) is 7.95. The van der Waals surface area contributed by atoms with E-state index in [0.29, 0.717) is 6.42 Å². The third-order valence-corrected chi connectivity index (χ3v) is 2.20. The Balaban J connectivity index is 2.33. The number of aliphatic hydroxyl groups excluding tert-OH is 1. The second-order valence-electron chi connectivity index (χ2n) is 3.06. The molecule has 0 aromatic carbocycles. The lowest BCUT2D eigenvalue weighted by Crippen LogP contribution is -2.40. The Labute approximate surface area is 60.2 Å². The molecule has 0 saturated heterocycles. The lowest BCUT2D eigenvalue weighted by molar-refractivity contribution is 0.0728. The first-order chi connectivity index (χ1) is 4.74. The Morgan fingerprint density at radius 3 is 2.70 bits per heavy atom. The van der Waals surface area contributed by atoms with Crippen molar-refractivity contribution in [3.63, 3.8) is 0 Å². The van der Waals surface area contributed by atoms with Gasteiger partial charge in [-0.3, -0.25) is 4.39 Å². The zero-order chi connectivity index (χ0) is 7.56. The van der Waals surface area contributed by atoms with Gasteiger partial charge in [0.2, 0.25) is 0 Å². The van der Waals surface area contributed by atoms with E-state index in [0.717, 1.165) is 12.8 Å². The van der Waals surface area contributed by atoms with E-state index in [-0.39, 0.29) is 18.6 Å². The Kier molecular flexibility index (Phi) is 2.63. The molecule has 10 heavy (non-hydrogen) atoms. The quantitative estimate of drug-likeness (QED) is 0.565. The van der Waals surface area contributed by atoms with E-state index in [1.807, 2.05) is 0 Å². The molecule has 0 spiro atoms. The van der Waals surface area contributed by atoms with Crippen LogP contribution >= 0.6 is 0 Å². The van der Waals surface area contributed by atoms with Crippen molar-refractivity contribution in [1.82, 2.24) is 0 Å². The monoisotopic (exact) mass is 147 g/mol. The molecule has 1 saturated carbocycles. The van der Waals surface area contributed by atoms with Crippen molar-refractivity contribution in [3.8, 4) is 0 Å². The van der Waals surface area contributed by atoms with Crippen LogP contribution in [-0.2, 0) is 0 Å². The molecule has 0 aromatic rings. The van der Waals surface area contributed by atoms with E-state index >= 15 is 0 Å². The molecule has 0 heterocycles. The molecule has 0 bridgehead atoms. The van der Waals surface area contributed by atoms with Crippen molar-refractivity contribution in [2.45, 2.75) is 31.4 Å². The van der Waals surface area contributed by atoms with Gasteiger partial charge in [0.05, 0.1) is 12.8 Å². The van der Waals surface area contributed by atoms with E-state index in [1.54, 1.807) is 0 Å². The van der Waals surface area contributed by atoms with Gasteiger partial charge in [0.15, 0.2) is 0 Å². The summed E-state index contributed by atoms with van der Waals surface area (Å²) in [6.07, 6.45) is 1.65. The van der Waals surface area contributed by atoms with Crippen LogP contribution in [0.5, 0.6) is 0 Å². The van der Waals surface area contributed by atoms with E-state index in [4.69, 9.17) is 5.73 Å². The minimum atomic E-state index is -0.477. The van der Waals surface area contributed by atoms with Gasteiger partial charge < -0.3 is 10.8 Å². The molecule has 1 fully saturated rings. The molecule has 1 aliphatic rings. The van der Waals surface area contributed by atoms with Crippen molar-refractivity contribution in [2.24, 2.45) is 11.7 Å². The first-order valence-corrected chi connectivity index (χ1v) is 3.73. The molecule has 3 N–H and O–H groups in total. The summed E-state index contributed by atoms with van der Waals surface area (Å²) in [5.41, 5.74) is 5.52. The number of nitrogens with two attached hydrogens (primary N) is 1. The van der Waals surface area contributed by atoms with E-state index in [9.17, 15) is 9.50 Å². The number of hydrogen-bond donors (Lipinski definition) is 2. The smallest absolute Gasteiger partial charge is 0.0923 e. The summed E-state index contributed by atoms with van der Waals surface area (Å²) in [5.74, 6) is 0.0507. The first-order valence-electron chi connectivity index (χ1n) is 3.73. The van der Waals surface area contributed by atoms with Crippen LogP contribution in [-0.4, -0.2) is 23.9 Å². The Bertz CT molecular complexity index is 110. The van der Waals surface area contributed by atoms with Crippen molar-refractivity contribution < 1.29 is 9.50 Å². The fourth-order valence-corrected chi connectivity index (χ4v) is 1.39. The van der Waals surface area contributed by atoms with Gasteiger partial charge >= 0.3 is 0 Å². The third-order valence-electron chi connectivity index (χ3n) is 2.20. The third kappa shape index (κ3) is 1.67. The zero-order valence-electron chi connectivity index (χ0n) is 5.96. The van der Waals surface area contributed by atoms with Gasteiger partial charge in [-0.15, -0.1) is 0 Å². The molecule has 3 unspecified atom stereocenters. The Hall–Kier alpha value is -0.150. The average Bonchev–Trinajstić information content (AvgIpc) is 1.95. The standard InChI is InChI=1S/C7H14FNO/c8-4-5-1-2-6(9)7(10)3-5/h5-7,10H,1-4,9H2. The summed E-state index contributed by atoms with van der Waals surface area (Å²) < 4.78 is 12.0. The number of hydrogen-bond acceptors (Lipinski definition) is 2. The van der Waals surface area contributed by atoms with Gasteiger partial charge in [0.25, 0.3) is 0 Å². The molecule has 60 valence electrons. The molecule has 1 aliphatic carbocycles. The normalized spacial score (nSPS) is 41.7. The van der Waals surface area contributed by atoms with Gasteiger partial charge in [-0.1, -0.05) is 0 Å². The fourth-order valence-electron chi connectivity index (χ4n) is 1.39. The fraction of sp³-hybridized carbons (Fsp3) is 1.00. The van der Waals surface area contributed by atoms with E-state index in [1.165, 1.54) is 0 Å². The molecule has 0 amide bonds. The average molecular weight is 147 g/mol.